The fraction of sp³-hybridized carbons (Fsp3) is 0.312. The van der Waals surface area contributed by atoms with E-state index < -0.39 is 0 Å². The van der Waals surface area contributed by atoms with Gasteiger partial charge in [0, 0.05) is 13.1 Å². The maximum Gasteiger partial charge on any atom is 0.169 e. The van der Waals surface area contributed by atoms with Gasteiger partial charge in [0.2, 0.25) is 0 Å². The van der Waals surface area contributed by atoms with Crippen molar-refractivity contribution in [2.45, 2.75) is 12.6 Å². The van der Waals surface area contributed by atoms with Crippen LogP contribution in [0.1, 0.15) is 23.0 Å². The van der Waals surface area contributed by atoms with Crippen molar-refractivity contribution >= 4 is 15.9 Å². The lowest BCUT2D eigenvalue weighted by Crippen LogP contribution is -2.37. The number of benzene rings is 1. The molecule has 1 aliphatic heterocycles. The zero-order valence-corrected chi connectivity index (χ0v) is 13.0. The Morgan fingerprint density at radius 2 is 2.24 bits per heavy atom. The van der Waals surface area contributed by atoms with Crippen molar-refractivity contribution in [2.75, 3.05) is 19.7 Å². The average Bonchev–Trinajstić information content (AvgIpc) is 2.93. The molecule has 21 heavy (non-hydrogen) atoms. The fourth-order valence-electron chi connectivity index (χ4n) is 2.51. The molecule has 1 saturated heterocycles. The van der Waals surface area contributed by atoms with Crippen LogP contribution >= 0.6 is 15.9 Å². The van der Waals surface area contributed by atoms with Crippen molar-refractivity contribution in [3.05, 3.63) is 58.0 Å². The first-order valence-electron chi connectivity index (χ1n) is 6.83. The van der Waals surface area contributed by atoms with E-state index in [1.807, 2.05) is 36.4 Å². The second-order valence-electron chi connectivity index (χ2n) is 5.04. The number of halogens is 1. The molecule has 0 amide bonds. The monoisotopic (exact) mass is 346 g/mol. The van der Waals surface area contributed by atoms with E-state index in [1.165, 1.54) is 0 Å². The van der Waals surface area contributed by atoms with E-state index in [4.69, 9.17) is 14.4 Å². The Labute approximate surface area is 132 Å². The highest BCUT2D eigenvalue weighted by Crippen LogP contribution is 2.24. The molecular formula is C16H15BrN2O2. The normalized spacial score (nSPS) is 19.3. The van der Waals surface area contributed by atoms with Crippen molar-refractivity contribution in [3.63, 3.8) is 0 Å². The lowest BCUT2D eigenvalue weighted by molar-refractivity contribution is -0.0347. The van der Waals surface area contributed by atoms with E-state index in [2.05, 4.69) is 26.9 Å². The predicted octanol–water partition coefficient (Wildman–Crippen LogP) is 3.49. The van der Waals surface area contributed by atoms with Crippen molar-refractivity contribution in [2.24, 2.45) is 0 Å². The van der Waals surface area contributed by atoms with Crippen LogP contribution < -0.4 is 0 Å². The van der Waals surface area contributed by atoms with Gasteiger partial charge < -0.3 is 9.15 Å². The summed E-state index contributed by atoms with van der Waals surface area (Å²) >= 11 is 3.32. The molecule has 0 radical (unpaired) electrons. The molecule has 2 heterocycles. The van der Waals surface area contributed by atoms with Gasteiger partial charge >= 0.3 is 0 Å². The van der Waals surface area contributed by atoms with Crippen molar-refractivity contribution in [1.29, 1.82) is 5.26 Å². The topological polar surface area (TPSA) is 49.4 Å². The van der Waals surface area contributed by atoms with Crippen LogP contribution in [0.25, 0.3) is 0 Å². The molecule has 1 aliphatic rings. The summed E-state index contributed by atoms with van der Waals surface area (Å²) in [6, 6.07) is 13.7. The zero-order chi connectivity index (χ0) is 14.7. The minimum absolute atomic E-state index is 0.00505. The molecule has 0 N–H and O–H groups in total. The van der Waals surface area contributed by atoms with E-state index in [0.29, 0.717) is 12.2 Å². The quantitative estimate of drug-likeness (QED) is 0.853. The summed E-state index contributed by atoms with van der Waals surface area (Å²) in [6.07, 6.45) is 0.00505. The summed E-state index contributed by atoms with van der Waals surface area (Å²) in [5.41, 5.74) is 1.72. The SMILES string of the molecule is N#Cc1cccc(C2CN(Cc3ccc(Br)o3)CCO2)c1. The third-order valence-corrected chi connectivity index (χ3v) is 3.97. The van der Waals surface area contributed by atoms with Crippen LogP contribution in [0.5, 0.6) is 0 Å². The maximum atomic E-state index is 8.99. The van der Waals surface area contributed by atoms with Crippen LogP contribution in [-0.2, 0) is 11.3 Å². The molecule has 3 rings (SSSR count). The molecule has 4 nitrogen and oxygen atoms in total. The first-order chi connectivity index (χ1) is 10.2. The highest BCUT2D eigenvalue weighted by Gasteiger charge is 2.23. The summed E-state index contributed by atoms with van der Waals surface area (Å²) in [5, 5.41) is 8.99. The number of nitrogens with zero attached hydrogens (tertiary/aromatic N) is 2. The van der Waals surface area contributed by atoms with Crippen molar-refractivity contribution in [3.8, 4) is 6.07 Å². The van der Waals surface area contributed by atoms with Crippen LogP contribution in [0.3, 0.4) is 0 Å². The molecule has 0 bridgehead atoms. The van der Waals surface area contributed by atoms with E-state index in [1.54, 1.807) is 0 Å². The van der Waals surface area contributed by atoms with Gasteiger partial charge in [0.05, 0.1) is 30.9 Å². The number of furan rings is 1. The van der Waals surface area contributed by atoms with Gasteiger partial charge in [-0.1, -0.05) is 12.1 Å². The Kier molecular flexibility index (Phi) is 4.39. The van der Waals surface area contributed by atoms with Gasteiger partial charge in [-0.2, -0.15) is 5.26 Å². The third kappa shape index (κ3) is 3.53. The minimum atomic E-state index is 0.00505. The molecule has 108 valence electrons. The van der Waals surface area contributed by atoms with Gasteiger partial charge in [0.1, 0.15) is 5.76 Å². The first-order valence-corrected chi connectivity index (χ1v) is 7.62. The van der Waals surface area contributed by atoms with E-state index in [-0.39, 0.29) is 6.10 Å². The summed E-state index contributed by atoms with van der Waals surface area (Å²) in [4.78, 5) is 2.30. The Balaban J connectivity index is 1.69. The Morgan fingerprint density at radius 3 is 3.00 bits per heavy atom. The lowest BCUT2D eigenvalue weighted by Gasteiger charge is -2.32. The molecule has 5 heteroatoms. The lowest BCUT2D eigenvalue weighted by atomic mass is 10.0. The van der Waals surface area contributed by atoms with Gasteiger partial charge in [-0.15, -0.1) is 0 Å². The van der Waals surface area contributed by atoms with Gasteiger partial charge in [-0.3, -0.25) is 4.90 Å². The van der Waals surface area contributed by atoms with Crippen LogP contribution in [0.15, 0.2) is 45.5 Å². The molecular weight excluding hydrogens is 332 g/mol. The van der Waals surface area contributed by atoms with Crippen molar-refractivity contribution in [1.82, 2.24) is 4.90 Å². The molecule has 2 aromatic rings. The van der Waals surface area contributed by atoms with Crippen LogP contribution in [-0.4, -0.2) is 24.6 Å². The predicted molar refractivity (Wildman–Crippen MR) is 81.5 cm³/mol. The average molecular weight is 347 g/mol. The molecule has 0 aliphatic carbocycles. The van der Waals surface area contributed by atoms with Crippen molar-refractivity contribution < 1.29 is 9.15 Å². The van der Waals surface area contributed by atoms with Gasteiger partial charge in [-0.05, 0) is 45.8 Å². The largest absolute Gasteiger partial charge is 0.453 e. The summed E-state index contributed by atoms with van der Waals surface area (Å²) < 4.78 is 12.2. The standard InChI is InChI=1S/C16H15BrN2O2/c17-16-5-4-14(21-16)10-19-6-7-20-15(11-19)13-3-1-2-12(8-13)9-18/h1-5,8,15H,6-7,10-11H2. The molecule has 0 spiro atoms. The Morgan fingerprint density at radius 1 is 1.33 bits per heavy atom. The Hall–Kier alpha value is -1.61. The number of ether oxygens (including phenoxy) is 1. The summed E-state index contributed by atoms with van der Waals surface area (Å²) in [6.45, 7) is 3.13. The molecule has 1 unspecified atom stereocenters. The van der Waals surface area contributed by atoms with Crippen LogP contribution in [0.2, 0.25) is 0 Å². The van der Waals surface area contributed by atoms with E-state index >= 15 is 0 Å². The second kappa shape index (κ2) is 6.44. The van der Waals surface area contributed by atoms with Gasteiger partial charge in [0.15, 0.2) is 4.67 Å². The van der Waals surface area contributed by atoms with Crippen LogP contribution in [0.4, 0.5) is 0 Å². The molecule has 1 fully saturated rings. The van der Waals surface area contributed by atoms with E-state index in [9.17, 15) is 0 Å². The number of hydrogen-bond donors (Lipinski definition) is 0. The second-order valence-corrected chi connectivity index (χ2v) is 5.82. The van der Waals surface area contributed by atoms with Gasteiger partial charge in [0.25, 0.3) is 0 Å². The smallest absolute Gasteiger partial charge is 0.169 e. The third-order valence-electron chi connectivity index (χ3n) is 3.55. The van der Waals surface area contributed by atoms with Gasteiger partial charge in [-0.25, -0.2) is 0 Å². The first kappa shape index (κ1) is 14.3. The number of hydrogen-bond acceptors (Lipinski definition) is 4. The highest BCUT2D eigenvalue weighted by atomic mass is 79.9. The van der Waals surface area contributed by atoms with E-state index in [0.717, 1.165) is 35.6 Å². The highest BCUT2D eigenvalue weighted by molar-refractivity contribution is 9.10. The molecule has 1 atom stereocenters. The molecule has 1 aromatic carbocycles. The fourth-order valence-corrected chi connectivity index (χ4v) is 2.85. The zero-order valence-electron chi connectivity index (χ0n) is 11.5. The molecule has 0 saturated carbocycles. The number of rotatable bonds is 3. The number of morpholine rings is 1. The number of nitriles is 1. The maximum absolute atomic E-state index is 8.99. The van der Waals surface area contributed by atoms with Crippen LogP contribution in [0, 0.1) is 11.3 Å². The minimum Gasteiger partial charge on any atom is -0.453 e. The molecule has 1 aromatic heterocycles. The summed E-state index contributed by atoms with van der Waals surface area (Å²) in [5.74, 6) is 0.938. The summed E-state index contributed by atoms with van der Waals surface area (Å²) in [7, 11) is 0. The Bertz CT molecular complexity index is 662.